The van der Waals surface area contributed by atoms with Gasteiger partial charge in [0.1, 0.15) is 0 Å². The zero-order valence-electron chi connectivity index (χ0n) is 31.0. The molecule has 0 fully saturated rings. The van der Waals surface area contributed by atoms with Crippen molar-refractivity contribution in [3.05, 3.63) is 108 Å². The molecule has 5 nitrogen and oxygen atoms in total. The van der Waals surface area contributed by atoms with Crippen LogP contribution in [0, 0.1) is 18.1 Å². The average molecular weight is 902 g/mol. The molecule has 0 bridgehead atoms. The summed E-state index contributed by atoms with van der Waals surface area (Å²) in [5, 5.41) is 2.07. The Labute approximate surface area is 313 Å². The van der Waals surface area contributed by atoms with Crippen molar-refractivity contribution >= 4 is 50.8 Å². The number of fused-ring (bicyclic) bond motifs is 4. The summed E-state index contributed by atoms with van der Waals surface area (Å²) in [6.45, 7) is 15.4. The second kappa shape index (κ2) is 15.0. The Morgan fingerprint density at radius 1 is 0.840 bits per heavy atom. The molecule has 1 radical (unpaired) electrons. The van der Waals surface area contributed by atoms with Crippen LogP contribution >= 0.6 is 0 Å². The van der Waals surface area contributed by atoms with Crippen LogP contribution in [0.2, 0.25) is 17.3 Å². The van der Waals surface area contributed by atoms with E-state index in [4.69, 9.17) is 19.4 Å². The number of rotatable bonds is 6. The van der Waals surface area contributed by atoms with Crippen molar-refractivity contribution in [3.8, 4) is 22.6 Å². The van der Waals surface area contributed by atoms with Gasteiger partial charge in [0.25, 0.3) is 0 Å². The normalized spacial score (nSPS) is 12.1. The van der Waals surface area contributed by atoms with Crippen molar-refractivity contribution in [2.45, 2.75) is 83.6 Å². The minimum absolute atomic E-state index is 0. The number of nitrogens with zero attached hydrogens (tertiary/aromatic N) is 4. The molecule has 4 heterocycles. The van der Waals surface area contributed by atoms with Crippen LogP contribution in [0.4, 0.5) is 0 Å². The Kier molecular flexibility index (Phi) is 11.3. The van der Waals surface area contributed by atoms with Gasteiger partial charge in [-0.1, -0.05) is 43.9 Å². The zero-order valence-corrected chi connectivity index (χ0v) is 35.5. The molecule has 50 heavy (non-hydrogen) atoms. The fourth-order valence-electron chi connectivity index (χ4n) is 6.43. The van der Waals surface area contributed by atoms with Crippen molar-refractivity contribution in [2.24, 2.45) is 5.92 Å². The monoisotopic (exact) mass is 903 g/mol. The topological polar surface area (TPSA) is 56.7 Å². The van der Waals surface area contributed by atoms with E-state index in [1.165, 1.54) is 5.56 Å². The third-order valence-electron chi connectivity index (χ3n) is 8.81. The van der Waals surface area contributed by atoms with E-state index >= 15 is 0 Å². The predicted octanol–water partition coefficient (Wildman–Crippen LogP) is 11.0. The summed E-state index contributed by atoms with van der Waals surface area (Å²) in [7, 11) is 0. The molecule has 0 saturated heterocycles. The van der Waals surface area contributed by atoms with Crippen molar-refractivity contribution in [1.82, 2.24) is 19.5 Å². The number of aromatic nitrogens is 4. The van der Waals surface area contributed by atoms with E-state index in [9.17, 15) is 0 Å². The van der Waals surface area contributed by atoms with E-state index in [0.29, 0.717) is 11.6 Å². The molecule has 7 heteroatoms. The summed E-state index contributed by atoms with van der Waals surface area (Å²) in [6.07, 6.45) is 3.27. The number of benzene rings is 3. The summed E-state index contributed by atoms with van der Waals surface area (Å²) in [5.41, 5.74) is 9.05. The van der Waals surface area contributed by atoms with Gasteiger partial charge in [-0.05, 0) is 38.1 Å². The molecule has 261 valence electrons. The molecular formula is C43H48GeIrN4O-2. The number of hydrogen-bond acceptors (Lipinski definition) is 4. The smallest absolute Gasteiger partial charge is 0.216 e. The molecule has 7 aromatic rings. The van der Waals surface area contributed by atoms with Crippen LogP contribution in [-0.4, -0.2) is 32.8 Å². The number of imidazole rings is 1. The van der Waals surface area contributed by atoms with Gasteiger partial charge in [0.15, 0.2) is 0 Å². The Morgan fingerprint density at radius 3 is 2.24 bits per heavy atom. The van der Waals surface area contributed by atoms with Gasteiger partial charge in [-0.3, -0.25) is 4.98 Å². The Balaban J connectivity index is 0.000000204. The summed E-state index contributed by atoms with van der Waals surface area (Å²) < 4.78 is 10.1. The number of hydrogen-bond donors (Lipinski definition) is 0. The predicted molar refractivity (Wildman–Crippen MR) is 208 cm³/mol. The van der Waals surface area contributed by atoms with E-state index < -0.39 is 13.3 Å². The molecule has 3 aromatic carbocycles. The number of para-hydroxylation sites is 2. The summed E-state index contributed by atoms with van der Waals surface area (Å²) >= 11 is -1.86. The van der Waals surface area contributed by atoms with Gasteiger partial charge in [-0.2, -0.15) is 0 Å². The molecule has 0 N–H and O–H groups in total. The first-order chi connectivity index (χ1) is 23.2. The molecule has 0 aliphatic carbocycles. The van der Waals surface area contributed by atoms with E-state index in [1.807, 2.05) is 42.5 Å². The van der Waals surface area contributed by atoms with Gasteiger partial charge in [0.2, 0.25) is 5.71 Å². The van der Waals surface area contributed by atoms with Crippen LogP contribution in [0.25, 0.3) is 55.7 Å². The fraction of sp³-hybridized carbons (Fsp3) is 0.326. The van der Waals surface area contributed by atoms with E-state index in [1.54, 1.807) is 4.40 Å². The quantitative estimate of drug-likeness (QED) is 0.123. The van der Waals surface area contributed by atoms with Crippen LogP contribution < -0.4 is 4.40 Å². The number of furan rings is 1. The molecule has 0 atom stereocenters. The van der Waals surface area contributed by atoms with Crippen LogP contribution in [0.5, 0.6) is 0 Å². The van der Waals surface area contributed by atoms with Gasteiger partial charge in [0.05, 0.1) is 22.4 Å². The maximum Gasteiger partial charge on any atom is 0.216 e. The maximum absolute atomic E-state index is 6.31. The Morgan fingerprint density at radius 2 is 1.58 bits per heavy atom. The van der Waals surface area contributed by atoms with Crippen LogP contribution in [-0.2, 0) is 31.9 Å². The molecular weight excluding hydrogens is 853 g/mol. The Bertz CT molecular complexity index is 2240. The maximum atomic E-state index is 6.31. The van der Waals surface area contributed by atoms with Gasteiger partial charge >= 0.3 is 126 Å². The van der Waals surface area contributed by atoms with Gasteiger partial charge in [0, 0.05) is 42.6 Å². The third-order valence-corrected chi connectivity index (χ3v) is 13.1. The molecule has 0 spiro atoms. The molecule has 7 rings (SSSR count). The standard InChI is InChI=1S/C25H24N3O.C18H24GeN.Ir/c1-15(2)28-20-12-7-6-11-19(20)26-23(28)18-10-8-9-16-17-13-14-21(25(3,4)5)27-24(17)29-22(16)18;1-14(2)11-16-12-18(15-9-7-6-8-10-15)20-13-17(16)19(3,4)5;/h6-9,11-15H,1-5H3;6-9,12-14H,11H2,1-5H3;/q2*-1;. The summed E-state index contributed by atoms with van der Waals surface area (Å²) in [4.78, 5) is 14.4. The first-order valence-electron chi connectivity index (χ1n) is 17.4. The second-order valence-electron chi connectivity index (χ2n) is 15.7. The minimum atomic E-state index is -1.86. The van der Waals surface area contributed by atoms with Gasteiger partial charge in [-0.25, -0.2) is 4.98 Å². The molecule has 0 aliphatic rings. The zero-order chi connectivity index (χ0) is 35.1. The third kappa shape index (κ3) is 7.83. The first kappa shape index (κ1) is 37.7. The largest absolute Gasteiger partial charge is 0.486 e. The van der Waals surface area contributed by atoms with E-state index in [0.717, 1.165) is 62.1 Å². The second-order valence-corrected chi connectivity index (χ2v) is 26.3. The molecule has 0 saturated carbocycles. The van der Waals surface area contributed by atoms with Crippen LogP contribution in [0.15, 0.2) is 89.5 Å². The van der Waals surface area contributed by atoms with Gasteiger partial charge < -0.3 is 8.98 Å². The van der Waals surface area contributed by atoms with E-state index in [-0.39, 0.29) is 31.6 Å². The van der Waals surface area contributed by atoms with E-state index in [2.05, 4.69) is 125 Å². The molecule has 0 aliphatic heterocycles. The summed E-state index contributed by atoms with van der Waals surface area (Å²) in [6, 6.07) is 33.7. The van der Waals surface area contributed by atoms with Crippen LogP contribution in [0.3, 0.4) is 0 Å². The minimum Gasteiger partial charge on any atom is -0.486 e. The Hall–Kier alpha value is -3.58. The number of pyridine rings is 2. The van der Waals surface area contributed by atoms with Crippen molar-refractivity contribution in [3.63, 3.8) is 0 Å². The van der Waals surface area contributed by atoms with Crippen molar-refractivity contribution in [2.75, 3.05) is 0 Å². The average Bonchev–Trinajstić information content (AvgIpc) is 3.63. The van der Waals surface area contributed by atoms with Crippen molar-refractivity contribution < 1.29 is 24.5 Å². The summed E-state index contributed by atoms with van der Waals surface area (Å²) in [5.74, 6) is 8.87. The van der Waals surface area contributed by atoms with Gasteiger partial charge in [-0.15, -0.1) is 18.2 Å². The fourth-order valence-corrected chi connectivity index (χ4v) is 9.77. The molecule has 0 amide bonds. The van der Waals surface area contributed by atoms with Crippen molar-refractivity contribution in [1.29, 1.82) is 0 Å². The SMILES string of the molecule is CC(C)Cc1cc(-c2[c-]cccc2)nc[c]1[Ge]([CH3])([CH3])[CH3].CC(C)n1c(-c2[c-]ccc3c2oc2nc(C(C)(C)C)ccc23)nc2ccccc21.[Ir]. The molecule has 4 aromatic heterocycles. The first-order valence-corrected chi connectivity index (χ1v) is 24.7. The molecule has 0 unspecified atom stereocenters. The van der Waals surface area contributed by atoms with Crippen LogP contribution in [0.1, 0.15) is 65.8 Å².